The number of carbonyl (C=O) groups excluding carboxylic acids is 1. The van der Waals surface area contributed by atoms with Gasteiger partial charge in [-0.15, -0.1) is 0 Å². The molecular formula is C14H19N3O2. The van der Waals surface area contributed by atoms with E-state index in [0.29, 0.717) is 19.0 Å². The summed E-state index contributed by atoms with van der Waals surface area (Å²) in [6.07, 6.45) is 2.43. The number of benzene rings is 1. The number of methoxy groups -OCH3 is 1. The van der Waals surface area contributed by atoms with Crippen LogP contribution >= 0.6 is 0 Å². The topological polar surface area (TPSA) is 67.6 Å². The van der Waals surface area contributed by atoms with Crippen molar-refractivity contribution in [2.45, 2.75) is 18.4 Å². The lowest BCUT2D eigenvalue weighted by Gasteiger charge is -2.48. The third kappa shape index (κ3) is 2.38. The van der Waals surface area contributed by atoms with Gasteiger partial charge in [0.2, 0.25) is 0 Å². The Bertz CT molecular complexity index is 476. The largest absolute Gasteiger partial charge is 0.497 e. The number of nitrogens with two attached hydrogens (primary N) is 1. The zero-order valence-corrected chi connectivity index (χ0v) is 11.1. The summed E-state index contributed by atoms with van der Waals surface area (Å²) in [5.74, 6) is 1.40. The first-order valence-electron chi connectivity index (χ1n) is 6.59. The zero-order chi connectivity index (χ0) is 13.5. The van der Waals surface area contributed by atoms with Gasteiger partial charge in [0.25, 0.3) is 0 Å². The highest BCUT2D eigenvalue weighted by atomic mass is 16.5. The van der Waals surface area contributed by atoms with E-state index in [1.54, 1.807) is 12.0 Å². The van der Waals surface area contributed by atoms with Crippen molar-refractivity contribution >= 4 is 11.7 Å². The molecule has 5 heteroatoms. The third-order valence-corrected chi connectivity index (χ3v) is 3.99. The Morgan fingerprint density at radius 3 is 2.53 bits per heavy atom. The lowest BCUT2D eigenvalue weighted by Crippen LogP contribution is -2.70. The van der Waals surface area contributed by atoms with Crippen LogP contribution in [-0.2, 0) is 0 Å². The van der Waals surface area contributed by atoms with Crippen LogP contribution in [-0.4, -0.2) is 36.7 Å². The van der Waals surface area contributed by atoms with Crippen LogP contribution in [0, 0.1) is 5.92 Å². The summed E-state index contributed by atoms with van der Waals surface area (Å²) in [4.78, 5) is 13.8. The van der Waals surface area contributed by atoms with Gasteiger partial charge in [0.05, 0.1) is 12.6 Å². The molecule has 1 aliphatic heterocycles. The number of nitrogens with zero attached hydrogens (tertiary/aromatic N) is 1. The second-order valence-corrected chi connectivity index (χ2v) is 5.52. The van der Waals surface area contributed by atoms with Crippen molar-refractivity contribution in [1.82, 2.24) is 4.90 Å². The highest BCUT2D eigenvalue weighted by molar-refractivity contribution is 5.90. The summed E-state index contributed by atoms with van der Waals surface area (Å²) < 4.78 is 5.07. The van der Waals surface area contributed by atoms with E-state index in [0.717, 1.165) is 11.4 Å². The fraction of sp³-hybridized carbons (Fsp3) is 0.500. The number of urea groups is 1. The molecule has 1 aromatic rings. The van der Waals surface area contributed by atoms with Crippen LogP contribution in [0.1, 0.15) is 12.8 Å². The minimum absolute atomic E-state index is 0.0770. The highest BCUT2D eigenvalue weighted by Gasteiger charge is 2.51. The monoisotopic (exact) mass is 261 g/mol. The van der Waals surface area contributed by atoms with Gasteiger partial charge in [0, 0.05) is 18.8 Å². The SMILES string of the molecule is COc1ccc(NC(=O)N2CC(N)(C3CC3)C2)cc1. The highest BCUT2D eigenvalue weighted by Crippen LogP contribution is 2.43. The summed E-state index contributed by atoms with van der Waals surface area (Å²) >= 11 is 0. The molecule has 1 saturated carbocycles. The molecular weight excluding hydrogens is 242 g/mol. The van der Waals surface area contributed by atoms with E-state index in [4.69, 9.17) is 10.5 Å². The van der Waals surface area contributed by atoms with Crippen LogP contribution in [0.4, 0.5) is 10.5 Å². The van der Waals surface area contributed by atoms with Crippen LogP contribution in [0.25, 0.3) is 0 Å². The molecule has 5 nitrogen and oxygen atoms in total. The number of likely N-dealkylation sites (tertiary alicyclic amines) is 1. The molecule has 0 atom stereocenters. The third-order valence-electron chi connectivity index (χ3n) is 3.99. The van der Waals surface area contributed by atoms with Gasteiger partial charge in [-0.1, -0.05) is 0 Å². The molecule has 1 heterocycles. The Hall–Kier alpha value is -1.75. The molecule has 19 heavy (non-hydrogen) atoms. The number of hydrogen-bond donors (Lipinski definition) is 2. The van der Waals surface area contributed by atoms with E-state index in [-0.39, 0.29) is 11.6 Å². The summed E-state index contributed by atoms with van der Waals surface area (Å²) in [6, 6.07) is 7.22. The standard InChI is InChI=1S/C14H19N3O2/c1-19-12-6-4-11(5-7-12)16-13(18)17-8-14(15,9-17)10-2-3-10/h4-7,10H,2-3,8-9,15H2,1H3,(H,16,18). The van der Waals surface area contributed by atoms with Crippen molar-refractivity contribution in [3.8, 4) is 5.75 Å². The van der Waals surface area contributed by atoms with Gasteiger partial charge in [-0.05, 0) is 43.0 Å². The van der Waals surface area contributed by atoms with Gasteiger partial charge in [-0.2, -0.15) is 0 Å². The Morgan fingerprint density at radius 1 is 1.37 bits per heavy atom. The lowest BCUT2D eigenvalue weighted by molar-refractivity contribution is 0.0895. The molecule has 2 aliphatic rings. The first kappa shape index (κ1) is 12.3. The molecule has 2 amide bonds. The molecule has 3 rings (SSSR count). The predicted octanol–water partition coefficient (Wildman–Crippen LogP) is 1.65. The molecule has 0 bridgehead atoms. The molecule has 0 radical (unpaired) electrons. The Morgan fingerprint density at radius 2 is 2.00 bits per heavy atom. The number of ether oxygens (including phenoxy) is 1. The smallest absolute Gasteiger partial charge is 0.321 e. The Kier molecular flexibility index (Phi) is 2.86. The molecule has 102 valence electrons. The van der Waals surface area contributed by atoms with Gasteiger partial charge < -0.3 is 20.7 Å². The van der Waals surface area contributed by atoms with Crippen molar-refractivity contribution in [2.75, 3.05) is 25.5 Å². The quantitative estimate of drug-likeness (QED) is 0.869. The number of hydrogen-bond acceptors (Lipinski definition) is 3. The minimum atomic E-state index is -0.128. The minimum Gasteiger partial charge on any atom is -0.497 e. The van der Waals surface area contributed by atoms with Crippen LogP contribution in [0.2, 0.25) is 0 Å². The van der Waals surface area contributed by atoms with Gasteiger partial charge in [0.15, 0.2) is 0 Å². The van der Waals surface area contributed by atoms with Crippen molar-refractivity contribution in [3.05, 3.63) is 24.3 Å². The van der Waals surface area contributed by atoms with Crippen LogP contribution < -0.4 is 15.8 Å². The fourth-order valence-electron chi connectivity index (χ4n) is 2.60. The zero-order valence-electron chi connectivity index (χ0n) is 11.1. The Labute approximate surface area is 112 Å². The van der Waals surface area contributed by atoms with Gasteiger partial charge in [0.1, 0.15) is 5.75 Å². The van der Waals surface area contributed by atoms with E-state index in [9.17, 15) is 4.79 Å². The summed E-state index contributed by atoms with van der Waals surface area (Å²) in [5, 5.41) is 2.87. The molecule has 0 aromatic heterocycles. The molecule has 1 saturated heterocycles. The fourth-order valence-corrected chi connectivity index (χ4v) is 2.60. The van der Waals surface area contributed by atoms with Crippen molar-refractivity contribution in [3.63, 3.8) is 0 Å². The number of anilines is 1. The van der Waals surface area contributed by atoms with Gasteiger partial charge >= 0.3 is 6.03 Å². The number of nitrogens with one attached hydrogen (secondary N) is 1. The molecule has 1 aromatic carbocycles. The van der Waals surface area contributed by atoms with Crippen molar-refractivity contribution in [2.24, 2.45) is 11.7 Å². The lowest BCUT2D eigenvalue weighted by atomic mass is 9.86. The second-order valence-electron chi connectivity index (χ2n) is 5.52. The Balaban J connectivity index is 1.54. The summed E-state index contributed by atoms with van der Waals surface area (Å²) in [6.45, 7) is 1.33. The molecule has 2 fully saturated rings. The predicted molar refractivity (Wildman–Crippen MR) is 73.2 cm³/mol. The second kappa shape index (κ2) is 4.42. The first-order valence-corrected chi connectivity index (χ1v) is 6.59. The van der Waals surface area contributed by atoms with E-state index in [2.05, 4.69) is 5.32 Å². The molecule has 3 N–H and O–H groups in total. The average Bonchev–Trinajstić information content (AvgIpc) is 3.20. The van der Waals surface area contributed by atoms with Crippen molar-refractivity contribution in [1.29, 1.82) is 0 Å². The number of rotatable bonds is 3. The van der Waals surface area contributed by atoms with Gasteiger partial charge in [-0.25, -0.2) is 4.79 Å². The maximum atomic E-state index is 12.0. The normalized spacial score (nSPS) is 20.6. The maximum absolute atomic E-state index is 12.0. The van der Waals surface area contributed by atoms with Crippen LogP contribution in [0.5, 0.6) is 5.75 Å². The maximum Gasteiger partial charge on any atom is 0.321 e. The van der Waals surface area contributed by atoms with E-state index < -0.39 is 0 Å². The van der Waals surface area contributed by atoms with E-state index >= 15 is 0 Å². The van der Waals surface area contributed by atoms with Crippen LogP contribution in [0.15, 0.2) is 24.3 Å². The summed E-state index contributed by atoms with van der Waals surface area (Å²) in [7, 11) is 1.62. The van der Waals surface area contributed by atoms with E-state index in [1.165, 1.54) is 12.8 Å². The molecule has 0 spiro atoms. The van der Waals surface area contributed by atoms with Gasteiger partial charge in [-0.3, -0.25) is 0 Å². The van der Waals surface area contributed by atoms with Crippen LogP contribution in [0.3, 0.4) is 0 Å². The average molecular weight is 261 g/mol. The molecule has 0 unspecified atom stereocenters. The first-order chi connectivity index (χ1) is 9.10. The molecule has 1 aliphatic carbocycles. The van der Waals surface area contributed by atoms with Crippen molar-refractivity contribution < 1.29 is 9.53 Å². The summed E-state index contributed by atoms with van der Waals surface area (Å²) in [5.41, 5.74) is 6.87. The number of amides is 2. The number of carbonyl (C=O) groups is 1. The van der Waals surface area contributed by atoms with E-state index in [1.807, 2.05) is 24.3 Å².